The van der Waals surface area contributed by atoms with Gasteiger partial charge in [0.1, 0.15) is 11.6 Å². The molecule has 24 heavy (non-hydrogen) atoms. The molecule has 0 aliphatic rings. The van der Waals surface area contributed by atoms with Crippen LogP contribution >= 0.6 is 34.9 Å². The molecule has 1 heterocycles. The van der Waals surface area contributed by atoms with Gasteiger partial charge in [-0.05, 0) is 29.3 Å². The summed E-state index contributed by atoms with van der Waals surface area (Å²) in [5.41, 5.74) is 1.89. The monoisotopic (exact) mass is 378 g/mol. The summed E-state index contributed by atoms with van der Waals surface area (Å²) in [5, 5.41) is 8.36. The second kappa shape index (κ2) is 8.50. The largest absolute Gasteiger partial charge is 0.497 e. The summed E-state index contributed by atoms with van der Waals surface area (Å²) >= 11 is 4.70. The summed E-state index contributed by atoms with van der Waals surface area (Å²) in [5.74, 6) is 2.07. The highest BCUT2D eigenvalue weighted by Crippen LogP contribution is 2.32. The van der Waals surface area contributed by atoms with Crippen LogP contribution in [0.5, 0.6) is 5.75 Å². The van der Waals surface area contributed by atoms with Crippen LogP contribution in [0.2, 0.25) is 0 Å². The van der Waals surface area contributed by atoms with E-state index >= 15 is 0 Å². The fourth-order valence-electron chi connectivity index (χ4n) is 1.94. The van der Waals surface area contributed by atoms with Crippen LogP contribution in [-0.2, 0) is 11.5 Å². The van der Waals surface area contributed by atoms with Crippen LogP contribution in [0.4, 0.5) is 4.39 Å². The molecule has 2 aromatic carbocycles. The highest BCUT2D eigenvalue weighted by Gasteiger charge is 2.08. The van der Waals surface area contributed by atoms with Crippen LogP contribution in [0.15, 0.2) is 57.2 Å². The minimum Gasteiger partial charge on any atom is -0.497 e. The van der Waals surface area contributed by atoms with Crippen LogP contribution in [0.3, 0.4) is 0 Å². The third-order valence-corrected chi connectivity index (χ3v) is 6.53. The SMILES string of the molecule is COc1ccc(CSc2nnc(SCc3ccccc3F)s2)cc1. The molecule has 0 atom stereocenters. The van der Waals surface area contributed by atoms with Gasteiger partial charge in [-0.1, -0.05) is 65.2 Å². The molecule has 0 N–H and O–H groups in total. The first-order valence-corrected chi connectivity index (χ1v) is 9.99. The number of hydrogen-bond donors (Lipinski definition) is 0. The van der Waals surface area contributed by atoms with Crippen LogP contribution in [0, 0.1) is 5.82 Å². The standard InChI is InChI=1S/C17H15FN2OS3/c1-21-14-8-6-12(7-9-14)10-22-16-19-20-17(24-16)23-11-13-4-2-3-5-15(13)18/h2-9H,10-11H2,1H3. The van der Waals surface area contributed by atoms with Gasteiger partial charge in [0.25, 0.3) is 0 Å². The Labute approximate surface area is 152 Å². The lowest BCUT2D eigenvalue weighted by Crippen LogP contribution is -1.85. The minimum atomic E-state index is -0.177. The molecule has 0 aliphatic heterocycles. The molecule has 7 heteroatoms. The molecule has 0 spiro atoms. The average Bonchev–Trinajstić information content (AvgIpc) is 3.08. The highest BCUT2D eigenvalue weighted by molar-refractivity contribution is 8.02. The quantitative estimate of drug-likeness (QED) is 0.523. The predicted octanol–water partition coefficient (Wildman–Crippen LogP) is 5.27. The number of thioether (sulfide) groups is 2. The Morgan fingerprint density at radius 1 is 0.958 bits per heavy atom. The van der Waals surface area contributed by atoms with Crippen molar-refractivity contribution in [3.63, 3.8) is 0 Å². The summed E-state index contributed by atoms with van der Waals surface area (Å²) in [4.78, 5) is 0. The van der Waals surface area contributed by atoms with Crippen LogP contribution < -0.4 is 4.74 Å². The average molecular weight is 379 g/mol. The third-order valence-electron chi connectivity index (χ3n) is 3.22. The number of hydrogen-bond acceptors (Lipinski definition) is 6. The topological polar surface area (TPSA) is 35.0 Å². The van der Waals surface area contributed by atoms with E-state index in [4.69, 9.17) is 4.74 Å². The molecule has 124 valence electrons. The zero-order valence-electron chi connectivity index (χ0n) is 12.9. The molecule has 0 aliphatic carbocycles. The van der Waals surface area contributed by atoms with Crippen molar-refractivity contribution in [2.24, 2.45) is 0 Å². The van der Waals surface area contributed by atoms with Crippen molar-refractivity contribution >= 4 is 34.9 Å². The number of methoxy groups -OCH3 is 1. The van der Waals surface area contributed by atoms with Crippen molar-refractivity contribution in [2.75, 3.05) is 7.11 Å². The van der Waals surface area contributed by atoms with E-state index in [1.807, 2.05) is 30.3 Å². The Hall–Kier alpha value is -1.57. The van der Waals surface area contributed by atoms with E-state index in [1.165, 1.54) is 23.4 Å². The smallest absolute Gasteiger partial charge is 0.175 e. The molecule has 0 amide bonds. The highest BCUT2D eigenvalue weighted by atomic mass is 32.2. The van der Waals surface area contributed by atoms with Gasteiger partial charge in [0.15, 0.2) is 8.68 Å². The van der Waals surface area contributed by atoms with Crippen LogP contribution in [0.25, 0.3) is 0 Å². The van der Waals surface area contributed by atoms with E-state index in [0.29, 0.717) is 11.3 Å². The van der Waals surface area contributed by atoms with E-state index in [2.05, 4.69) is 10.2 Å². The van der Waals surface area contributed by atoms with Gasteiger partial charge in [-0.3, -0.25) is 0 Å². The molecule has 0 bridgehead atoms. The normalized spacial score (nSPS) is 10.8. The summed E-state index contributed by atoms with van der Waals surface area (Å²) in [6, 6.07) is 14.8. The molecule has 0 saturated heterocycles. The lowest BCUT2D eigenvalue weighted by molar-refractivity contribution is 0.414. The number of nitrogens with zero attached hydrogens (tertiary/aromatic N) is 2. The number of ether oxygens (including phenoxy) is 1. The molecule has 3 nitrogen and oxygen atoms in total. The number of halogens is 1. The summed E-state index contributed by atoms with van der Waals surface area (Å²) < 4.78 is 20.5. The van der Waals surface area contributed by atoms with Crippen molar-refractivity contribution in [3.8, 4) is 5.75 Å². The molecule has 1 aromatic heterocycles. The Balaban J connectivity index is 1.52. The van der Waals surface area contributed by atoms with E-state index in [-0.39, 0.29) is 5.82 Å². The molecular weight excluding hydrogens is 363 g/mol. The summed E-state index contributed by atoms with van der Waals surface area (Å²) in [6.45, 7) is 0. The summed E-state index contributed by atoms with van der Waals surface area (Å²) in [7, 11) is 1.66. The molecule has 3 rings (SSSR count). The van der Waals surface area contributed by atoms with Gasteiger partial charge in [-0.2, -0.15) is 0 Å². The minimum absolute atomic E-state index is 0.177. The van der Waals surface area contributed by atoms with Gasteiger partial charge in [-0.15, -0.1) is 10.2 Å². The molecule has 0 fully saturated rings. The maximum atomic E-state index is 13.6. The maximum Gasteiger partial charge on any atom is 0.175 e. The maximum absolute atomic E-state index is 13.6. The van der Waals surface area contributed by atoms with Gasteiger partial charge in [0, 0.05) is 11.5 Å². The van der Waals surface area contributed by atoms with Gasteiger partial charge in [0.05, 0.1) is 7.11 Å². The Kier molecular flexibility index (Phi) is 6.12. The van der Waals surface area contributed by atoms with Gasteiger partial charge < -0.3 is 4.74 Å². The zero-order chi connectivity index (χ0) is 16.8. The molecular formula is C17H15FN2OS3. The van der Waals surface area contributed by atoms with Crippen molar-refractivity contribution in [3.05, 3.63) is 65.5 Å². The van der Waals surface area contributed by atoms with Crippen LogP contribution in [-0.4, -0.2) is 17.3 Å². The lowest BCUT2D eigenvalue weighted by Gasteiger charge is -2.01. The fraction of sp³-hybridized carbons (Fsp3) is 0.176. The molecule has 0 unspecified atom stereocenters. The van der Waals surface area contributed by atoms with Crippen molar-refractivity contribution < 1.29 is 9.13 Å². The van der Waals surface area contributed by atoms with Gasteiger partial charge in [-0.25, -0.2) is 4.39 Å². The van der Waals surface area contributed by atoms with Gasteiger partial charge >= 0.3 is 0 Å². The van der Waals surface area contributed by atoms with Crippen molar-refractivity contribution in [1.29, 1.82) is 0 Å². The van der Waals surface area contributed by atoms with Crippen molar-refractivity contribution in [2.45, 2.75) is 20.2 Å². The van der Waals surface area contributed by atoms with Gasteiger partial charge in [0.2, 0.25) is 0 Å². The molecule has 0 saturated carbocycles. The van der Waals surface area contributed by atoms with Crippen molar-refractivity contribution in [1.82, 2.24) is 10.2 Å². The second-order valence-electron chi connectivity index (χ2n) is 4.85. The molecule has 3 aromatic rings. The molecule has 0 radical (unpaired) electrons. The number of benzene rings is 2. The van der Waals surface area contributed by atoms with E-state index in [0.717, 1.165) is 20.2 Å². The van der Waals surface area contributed by atoms with Crippen LogP contribution in [0.1, 0.15) is 11.1 Å². The van der Waals surface area contributed by atoms with E-state index in [1.54, 1.807) is 42.3 Å². The van der Waals surface area contributed by atoms with E-state index in [9.17, 15) is 4.39 Å². The Bertz CT molecular complexity index is 793. The second-order valence-corrected chi connectivity index (χ2v) is 8.27. The zero-order valence-corrected chi connectivity index (χ0v) is 15.4. The first kappa shape index (κ1) is 17.3. The number of rotatable bonds is 7. The first-order valence-electron chi connectivity index (χ1n) is 7.20. The first-order chi connectivity index (χ1) is 11.7. The Morgan fingerprint density at radius 2 is 1.62 bits per heavy atom. The Morgan fingerprint density at radius 3 is 2.29 bits per heavy atom. The third kappa shape index (κ3) is 4.72. The lowest BCUT2D eigenvalue weighted by atomic mass is 10.2. The predicted molar refractivity (Wildman–Crippen MR) is 98.4 cm³/mol. The summed E-state index contributed by atoms with van der Waals surface area (Å²) in [6.07, 6.45) is 0. The van der Waals surface area contributed by atoms with E-state index < -0.39 is 0 Å². The fourth-order valence-corrected chi connectivity index (χ4v) is 4.90. The number of aromatic nitrogens is 2.